The Balaban J connectivity index is 2.48. The van der Waals surface area contributed by atoms with Gasteiger partial charge in [0.05, 0.1) is 24.3 Å². The van der Waals surface area contributed by atoms with Crippen LogP contribution in [0.5, 0.6) is 5.75 Å². The van der Waals surface area contributed by atoms with E-state index in [0.29, 0.717) is 24.5 Å². The van der Waals surface area contributed by atoms with Crippen LogP contribution in [-0.2, 0) is 4.74 Å². The molecule has 94 valence electrons. The molecule has 17 heavy (non-hydrogen) atoms. The van der Waals surface area contributed by atoms with E-state index in [1.54, 1.807) is 6.07 Å². The summed E-state index contributed by atoms with van der Waals surface area (Å²) in [5.74, 6) is 0.0587. The summed E-state index contributed by atoms with van der Waals surface area (Å²) < 4.78 is 24.9. The molecule has 1 fully saturated rings. The highest BCUT2D eigenvalue weighted by atomic mass is 35.5. The Morgan fingerprint density at radius 1 is 1.59 bits per heavy atom. The molecule has 1 aliphatic heterocycles. The van der Waals surface area contributed by atoms with Crippen LogP contribution in [0.25, 0.3) is 0 Å². The lowest BCUT2D eigenvalue weighted by molar-refractivity contribution is 0.0239. The smallest absolute Gasteiger partial charge is 0.151 e. The molecule has 2 rings (SSSR count). The largest absolute Gasteiger partial charge is 0.496 e. The number of halogens is 2. The predicted octanol–water partition coefficient (Wildman–Crippen LogP) is 2.46. The zero-order chi connectivity index (χ0) is 12.4. The Labute approximate surface area is 105 Å². The highest BCUT2D eigenvalue weighted by Crippen LogP contribution is 2.37. The van der Waals surface area contributed by atoms with Crippen LogP contribution < -0.4 is 10.1 Å². The van der Waals surface area contributed by atoms with E-state index < -0.39 is 5.82 Å². The molecule has 1 unspecified atom stereocenters. The van der Waals surface area contributed by atoms with Crippen molar-refractivity contribution in [2.24, 2.45) is 0 Å². The maximum absolute atomic E-state index is 14.1. The highest BCUT2D eigenvalue weighted by Gasteiger charge is 2.26. The lowest BCUT2D eigenvalue weighted by Gasteiger charge is -2.26. The zero-order valence-electron chi connectivity index (χ0n) is 9.85. The Morgan fingerprint density at radius 3 is 2.94 bits per heavy atom. The van der Waals surface area contributed by atoms with Gasteiger partial charge >= 0.3 is 0 Å². The van der Waals surface area contributed by atoms with Gasteiger partial charge in [-0.3, -0.25) is 0 Å². The second-order valence-electron chi connectivity index (χ2n) is 4.00. The van der Waals surface area contributed by atoms with Gasteiger partial charge in [0.1, 0.15) is 11.9 Å². The minimum atomic E-state index is -0.456. The molecule has 3 nitrogen and oxygen atoms in total. The Kier molecular flexibility index (Phi) is 3.86. The first-order valence-corrected chi connectivity index (χ1v) is 5.87. The topological polar surface area (TPSA) is 30.5 Å². The number of methoxy groups -OCH3 is 1. The number of rotatable bonds is 2. The van der Waals surface area contributed by atoms with Gasteiger partial charge in [-0.1, -0.05) is 11.6 Å². The van der Waals surface area contributed by atoms with Gasteiger partial charge in [0.25, 0.3) is 0 Å². The SMILES string of the molecule is COc1c(C)cc(Cl)c(F)c1C1CNCCO1. The molecule has 0 aliphatic carbocycles. The van der Waals surface area contributed by atoms with E-state index in [9.17, 15) is 4.39 Å². The van der Waals surface area contributed by atoms with E-state index in [1.165, 1.54) is 7.11 Å². The van der Waals surface area contributed by atoms with Gasteiger partial charge in [-0.2, -0.15) is 0 Å². The molecule has 1 saturated heterocycles. The fourth-order valence-corrected chi connectivity index (χ4v) is 2.33. The summed E-state index contributed by atoms with van der Waals surface area (Å²) >= 11 is 5.86. The first-order valence-electron chi connectivity index (χ1n) is 5.50. The van der Waals surface area contributed by atoms with Crippen LogP contribution in [0.3, 0.4) is 0 Å². The molecule has 0 radical (unpaired) electrons. The van der Waals surface area contributed by atoms with Crippen LogP contribution >= 0.6 is 11.6 Å². The van der Waals surface area contributed by atoms with Crippen LogP contribution in [0.4, 0.5) is 4.39 Å². The number of ether oxygens (including phenoxy) is 2. The summed E-state index contributed by atoms with van der Waals surface area (Å²) in [6, 6.07) is 1.56. The first-order chi connectivity index (χ1) is 8.15. The quantitative estimate of drug-likeness (QED) is 0.885. The van der Waals surface area contributed by atoms with E-state index in [2.05, 4.69) is 5.32 Å². The number of hydrogen-bond acceptors (Lipinski definition) is 3. The maximum atomic E-state index is 14.1. The van der Waals surface area contributed by atoms with Crippen molar-refractivity contribution in [1.29, 1.82) is 0 Å². The summed E-state index contributed by atoms with van der Waals surface area (Å²) in [4.78, 5) is 0. The van der Waals surface area contributed by atoms with Gasteiger partial charge in [0, 0.05) is 13.1 Å². The van der Waals surface area contributed by atoms with Crippen LogP contribution in [0.1, 0.15) is 17.2 Å². The average molecular weight is 260 g/mol. The molecular weight excluding hydrogens is 245 g/mol. The standard InChI is InChI=1S/C12H15ClFNO2/c1-7-5-8(13)11(14)10(12(7)16-2)9-6-15-3-4-17-9/h5,9,15H,3-4,6H2,1-2H3. The Bertz CT molecular complexity index is 419. The normalized spacial score (nSPS) is 20.4. The minimum Gasteiger partial charge on any atom is -0.496 e. The van der Waals surface area contributed by atoms with Crippen LogP contribution in [0.15, 0.2) is 6.07 Å². The third-order valence-electron chi connectivity index (χ3n) is 2.85. The fourth-order valence-electron chi connectivity index (χ4n) is 2.07. The summed E-state index contributed by atoms with van der Waals surface area (Å²) in [6.07, 6.45) is -0.351. The fraction of sp³-hybridized carbons (Fsp3) is 0.500. The lowest BCUT2D eigenvalue weighted by Crippen LogP contribution is -2.34. The van der Waals surface area contributed by atoms with Gasteiger partial charge in [-0.25, -0.2) is 4.39 Å². The molecule has 1 aromatic rings. The monoisotopic (exact) mass is 259 g/mol. The van der Waals surface area contributed by atoms with Crippen LogP contribution in [0.2, 0.25) is 5.02 Å². The van der Waals surface area contributed by atoms with Crippen molar-refractivity contribution in [2.45, 2.75) is 13.0 Å². The Hall–Kier alpha value is -0.840. The predicted molar refractivity (Wildman–Crippen MR) is 64.3 cm³/mol. The van der Waals surface area contributed by atoms with Crippen molar-refractivity contribution >= 4 is 11.6 Å². The zero-order valence-corrected chi connectivity index (χ0v) is 10.6. The lowest BCUT2D eigenvalue weighted by atomic mass is 10.0. The molecule has 0 saturated carbocycles. The molecule has 0 aromatic heterocycles. The summed E-state index contributed by atoms with van der Waals surface area (Å²) in [6.45, 7) is 3.73. The third-order valence-corrected chi connectivity index (χ3v) is 3.12. The van der Waals surface area contributed by atoms with Crippen molar-refractivity contribution in [3.63, 3.8) is 0 Å². The number of benzene rings is 1. The average Bonchev–Trinajstić information content (AvgIpc) is 2.34. The van der Waals surface area contributed by atoms with Crippen molar-refractivity contribution in [3.05, 3.63) is 28.0 Å². The van der Waals surface area contributed by atoms with Gasteiger partial charge in [0.2, 0.25) is 0 Å². The molecule has 1 atom stereocenters. The van der Waals surface area contributed by atoms with Gasteiger partial charge < -0.3 is 14.8 Å². The third kappa shape index (κ3) is 2.39. The molecule has 0 amide bonds. The molecule has 0 spiro atoms. The minimum absolute atomic E-state index is 0.104. The van der Waals surface area contributed by atoms with E-state index in [4.69, 9.17) is 21.1 Å². The molecule has 0 bridgehead atoms. The van der Waals surface area contributed by atoms with Gasteiger partial charge in [0.15, 0.2) is 5.82 Å². The highest BCUT2D eigenvalue weighted by molar-refractivity contribution is 6.31. The van der Waals surface area contributed by atoms with Crippen molar-refractivity contribution < 1.29 is 13.9 Å². The van der Waals surface area contributed by atoms with Crippen LogP contribution in [0, 0.1) is 12.7 Å². The van der Waals surface area contributed by atoms with Crippen molar-refractivity contribution in [3.8, 4) is 5.75 Å². The van der Waals surface area contributed by atoms with E-state index in [0.717, 1.165) is 12.1 Å². The molecule has 5 heteroatoms. The van der Waals surface area contributed by atoms with Crippen molar-refractivity contribution in [2.75, 3.05) is 26.8 Å². The van der Waals surface area contributed by atoms with Crippen molar-refractivity contribution in [1.82, 2.24) is 5.32 Å². The maximum Gasteiger partial charge on any atom is 0.151 e. The summed E-state index contributed by atoms with van der Waals surface area (Å²) in [7, 11) is 1.52. The number of hydrogen-bond donors (Lipinski definition) is 1. The molecular formula is C12H15ClFNO2. The second kappa shape index (κ2) is 5.21. The number of aryl methyl sites for hydroxylation is 1. The van der Waals surface area contributed by atoms with E-state index >= 15 is 0 Å². The molecule has 1 aromatic carbocycles. The van der Waals surface area contributed by atoms with Crippen LogP contribution in [-0.4, -0.2) is 26.8 Å². The number of morpholine rings is 1. The summed E-state index contributed by atoms with van der Waals surface area (Å²) in [5.41, 5.74) is 1.22. The van der Waals surface area contributed by atoms with Gasteiger partial charge in [-0.05, 0) is 18.6 Å². The Morgan fingerprint density at radius 2 is 2.35 bits per heavy atom. The second-order valence-corrected chi connectivity index (χ2v) is 4.41. The molecule has 1 heterocycles. The number of nitrogens with one attached hydrogen (secondary N) is 1. The molecule has 1 aliphatic rings. The van der Waals surface area contributed by atoms with E-state index in [1.807, 2.05) is 6.92 Å². The summed E-state index contributed by atoms with van der Waals surface area (Å²) in [5, 5.41) is 3.26. The first kappa shape index (κ1) is 12.6. The van der Waals surface area contributed by atoms with Gasteiger partial charge in [-0.15, -0.1) is 0 Å². The molecule has 1 N–H and O–H groups in total. The van der Waals surface area contributed by atoms with E-state index in [-0.39, 0.29) is 11.1 Å².